The normalized spacial score (nSPS) is 11.2. The van der Waals surface area contributed by atoms with Crippen molar-refractivity contribution >= 4 is 31.9 Å². The van der Waals surface area contributed by atoms with Crippen LogP contribution in [0.1, 0.15) is 15.9 Å². The van der Waals surface area contributed by atoms with Gasteiger partial charge in [0.25, 0.3) is 5.91 Å². The van der Waals surface area contributed by atoms with Crippen molar-refractivity contribution in [3.8, 4) is 0 Å². The molecule has 0 aliphatic rings. The lowest BCUT2D eigenvalue weighted by molar-refractivity contribution is 0.0953. The van der Waals surface area contributed by atoms with E-state index in [0.29, 0.717) is 10.0 Å². The standard InChI is InChI=1S/C16H17BrN2O3S/c1-12-6-8-13(9-7-12)23(21,22)19-11-10-18-16(20)14-4-2-3-5-15(14)17/h2-9,19H,10-11H2,1H3,(H,18,20). The summed E-state index contributed by atoms with van der Waals surface area (Å²) in [6, 6.07) is 13.6. The van der Waals surface area contributed by atoms with Gasteiger partial charge >= 0.3 is 0 Å². The predicted molar refractivity (Wildman–Crippen MR) is 92.8 cm³/mol. The largest absolute Gasteiger partial charge is 0.351 e. The lowest BCUT2D eigenvalue weighted by Crippen LogP contribution is -2.34. The van der Waals surface area contributed by atoms with Gasteiger partial charge in [0, 0.05) is 17.6 Å². The minimum atomic E-state index is -3.56. The monoisotopic (exact) mass is 396 g/mol. The minimum absolute atomic E-state index is 0.117. The molecule has 0 radical (unpaired) electrons. The topological polar surface area (TPSA) is 75.3 Å². The Kier molecular flexibility index (Phi) is 5.92. The molecule has 0 unspecified atom stereocenters. The Morgan fingerprint density at radius 2 is 1.70 bits per heavy atom. The van der Waals surface area contributed by atoms with Crippen LogP contribution in [0.3, 0.4) is 0 Å². The van der Waals surface area contributed by atoms with Crippen LogP contribution in [0.2, 0.25) is 0 Å². The SMILES string of the molecule is Cc1ccc(S(=O)(=O)NCCNC(=O)c2ccccc2Br)cc1. The van der Waals surface area contributed by atoms with Gasteiger partial charge in [0.1, 0.15) is 0 Å². The summed E-state index contributed by atoms with van der Waals surface area (Å²) in [4.78, 5) is 12.2. The number of amides is 1. The maximum atomic E-state index is 12.1. The average Bonchev–Trinajstić information content (AvgIpc) is 2.52. The lowest BCUT2D eigenvalue weighted by atomic mass is 10.2. The highest BCUT2D eigenvalue weighted by atomic mass is 79.9. The number of aryl methyl sites for hydroxylation is 1. The molecular weight excluding hydrogens is 380 g/mol. The van der Waals surface area contributed by atoms with E-state index in [0.717, 1.165) is 5.56 Å². The zero-order chi connectivity index (χ0) is 16.9. The molecule has 0 spiro atoms. The number of hydrogen-bond acceptors (Lipinski definition) is 3. The van der Waals surface area contributed by atoms with E-state index in [2.05, 4.69) is 26.0 Å². The van der Waals surface area contributed by atoms with Gasteiger partial charge in [-0.25, -0.2) is 13.1 Å². The third kappa shape index (κ3) is 4.89. The van der Waals surface area contributed by atoms with Crippen LogP contribution in [0, 0.1) is 6.92 Å². The predicted octanol–water partition coefficient (Wildman–Crippen LogP) is 2.47. The van der Waals surface area contributed by atoms with E-state index < -0.39 is 10.0 Å². The van der Waals surface area contributed by atoms with Gasteiger partial charge in [-0.1, -0.05) is 29.8 Å². The number of benzene rings is 2. The summed E-state index contributed by atoms with van der Waals surface area (Å²) < 4.78 is 27.3. The Balaban J connectivity index is 1.86. The summed E-state index contributed by atoms with van der Waals surface area (Å²) in [6.45, 7) is 2.21. The van der Waals surface area contributed by atoms with Crippen LogP contribution in [-0.4, -0.2) is 27.4 Å². The molecule has 0 heterocycles. The third-order valence-electron chi connectivity index (χ3n) is 3.15. The van der Waals surface area contributed by atoms with Crippen LogP contribution in [0.5, 0.6) is 0 Å². The Hall–Kier alpha value is -1.70. The smallest absolute Gasteiger partial charge is 0.252 e. The quantitative estimate of drug-likeness (QED) is 0.736. The molecule has 23 heavy (non-hydrogen) atoms. The van der Waals surface area contributed by atoms with Gasteiger partial charge in [-0.3, -0.25) is 4.79 Å². The van der Waals surface area contributed by atoms with Crippen molar-refractivity contribution < 1.29 is 13.2 Å². The molecule has 7 heteroatoms. The molecule has 2 rings (SSSR count). The maximum Gasteiger partial charge on any atom is 0.252 e. The Morgan fingerprint density at radius 3 is 2.35 bits per heavy atom. The summed E-state index contributed by atoms with van der Waals surface area (Å²) in [5.41, 5.74) is 1.50. The first kappa shape index (κ1) is 17.7. The van der Waals surface area contributed by atoms with E-state index in [1.54, 1.807) is 42.5 Å². The fourth-order valence-corrected chi connectivity index (χ4v) is 3.40. The second-order valence-electron chi connectivity index (χ2n) is 4.95. The van der Waals surface area contributed by atoms with E-state index in [9.17, 15) is 13.2 Å². The van der Waals surface area contributed by atoms with E-state index in [4.69, 9.17) is 0 Å². The van der Waals surface area contributed by atoms with Crippen LogP contribution < -0.4 is 10.0 Å². The molecular formula is C16H17BrN2O3S. The average molecular weight is 397 g/mol. The molecule has 122 valence electrons. The first-order valence-corrected chi connectivity index (χ1v) is 9.27. The van der Waals surface area contributed by atoms with Gasteiger partial charge in [-0.15, -0.1) is 0 Å². The van der Waals surface area contributed by atoms with Crippen molar-refractivity contribution in [2.75, 3.05) is 13.1 Å². The molecule has 2 aromatic carbocycles. The summed E-state index contributed by atoms with van der Waals surface area (Å²) in [5.74, 6) is -0.257. The molecule has 0 aromatic heterocycles. The van der Waals surface area contributed by atoms with Gasteiger partial charge < -0.3 is 5.32 Å². The highest BCUT2D eigenvalue weighted by Crippen LogP contribution is 2.15. The number of rotatable bonds is 6. The van der Waals surface area contributed by atoms with Crippen molar-refractivity contribution in [1.29, 1.82) is 0 Å². The molecule has 2 N–H and O–H groups in total. The summed E-state index contributed by atoms with van der Waals surface area (Å²) >= 11 is 3.30. The zero-order valence-electron chi connectivity index (χ0n) is 12.5. The maximum absolute atomic E-state index is 12.1. The van der Waals surface area contributed by atoms with E-state index >= 15 is 0 Å². The van der Waals surface area contributed by atoms with E-state index in [-0.39, 0.29) is 23.9 Å². The molecule has 0 fully saturated rings. The van der Waals surface area contributed by atoms with Crippen LogP contribution in [-0.2, 0) is 10.0 Å². The molecule has 5 nitrogen and oxygen atoms in total. The molecule has 0 atom stereocenters. The number of hydrogen-bond donors (Lipinski definition) is 2. The van der Waals surface area contributed by atoms with Crippen molar-refractivity contribution in [3.63, 3.8) is 0 Å². The minimum Gasteiger partial charge on any atom is -0.351 e. The fourth-order valence-electron chi connectivity index (χ4n) is 1.90. The Labute approximate surface area is 144 Å². The van der Waals surface area contributed by atoms with Crippen LogP contribution in [0.4, 0.5) is 0 Å². The number of halogens is 1. The highest BCUT2D eigenvalue weighted by molar-refractivity contribution is 9.10. The second-order valence-corrected chi connectivity index (χ2v) is 7.57. The van der Waals surface area contributed by atoms with Crippen LogP contribution in [0.25, 0.3) is 0 Å². The van der Waals surface area contributed by atoms with Crippen molar-refractivity contribution in [2.45, 2.75) is 11.8 Å². The van der Waals surface area contributed by atoms with E-state index in [1.165, 1.54) is 0 Å². The van der Waals surface area contributed by atoms with Gasteiger partial charge in [-0.05, 0) is 47.1 Å². The summed E-state index contributed by atoms with van der Waals surface area (Å²) in [6.07, 6.45) is 0. The van der Waals surface area contributed by atoms with Gasteiger partial charge in [-0.2, -0.15) is 0 Å². The summed E-state index contributed by atoms with van der Waals surface area (Å²) in [7, 11) is -3.56. The number of carbonyl (C=O) groups is 1. The Bertz CT molecular complexity index is 789. The van der Waals surface area contributed by atoms with E-state index in [1.807, 2.05) is 13.0 Å². The van der Waals surface area contributed by atoms with Crippen LogP contribution >= 0.6 is 15.9 Å². The second kappa shape index (κ2) is 7.72. The molecule has 0 bridgehead atoms. The number of sulfonamides is 1. The molecule has 0 saturated carbocycles. The van der Waals surface area contributed by atoms with Crippen LogP contribution in [0.15, 0.2) is 57.9 Å². The third-order valence-corrected chi connectivity index (χ3v) is 5.32. The zero-order valence-corrected chi connectivity index (χ0v) is 14.9. The van der Waals surface area contributed by atoms with Gasteiger partial charge in [0.05, 0.1) is 10.5 Å². The molecule has 0 aliphatic carbocycles. The number of nitrogens with one attached hydrogen (secondary N) is 2. The molecule has 0 aliphatic heterocycles. The van der Waals surface area contributed by atoms with Crippen molar-refractivity contribution in [3.05, 3.63) is 64.1 Å². The van der Waals surface area contributed by atoms with Gasteiger partial charge in [0.15, 0.2) is 0 Å². The molecule has 2 aromatic rings. The lowest BCUT2D eigenvalue weighted by Gasteiger charge is -2.09. The molecule has 0 saturated heterocycles. The fraction of sp³-hybridized carbons (Fsp3) is 0.188. The number of carbonyl (C=O) groups excluding carboxylic acids is 1. The summed E-state index contributed by atoms with van der Waals surface area (Å²) in [5, 5.41) is 2.68. The molecule has 1 amide bonds. The first-order chi connectivity index (χ1) is 10.9. The van der Waals surface area contributed by atoms with Crippen molar-refractivity contribution in [1.82, 2.24) is 10.0 Å². The van der Waals surface area contributed by atoms with Crippen molar-refractivity contribution in [2.24, 2.45) is 0 Å². The van der Waals surface area contributed by atoms with Gasteiger partial charge in [0.2, 0.25) is 10.0 Å². The highest BCUT2D eigenvalue weighted by Gasteiger charge is 2.13. The Morgan fingerprint density at radius 1 is 1.04 bits per heavy atom. The first-order valence-electron chi connectivity index (χ1n) is 6.99.